The predicted molar refractivity (Wildman–Crippen MR) is 110 cm³/mol. The Kier molecular flexibility index (Phi) is 4.55. The van der Waals surface area contributed by atoms with E-state index in [9.17, 15) is 9.18 Å². The summed E-state index contributed by atoms with van der Waals surface area (Å²) in [5.41, 5.74) is 8.87. The molecular weight excluding hydrogens is 387 g/mol. The van der Waals surface area contributed by atoms with E-state index >= 15 is 0 Å². The van der Waals surface area contributed by atoms with Gasteiger partial charge in [-0.25, -0.2) is 19.2 Å². The van der Waals surface area contributed by atoms with Crippen molar-refractivity contribution in [3.05, 3.63) is 59.9 Å². The highest BCUT2D eigenvalue weighted by molar-refractivity contribution is 6.09. The Balaban J connectivity index is 1.67. The fraction of sp³-hybridized carbons (Fsp3) is 0.227. The lowest BCUT2D eigenvalue weighted by Crippen LogP contribution is -2.18. The maximum absolute atomic E-state index is 13.9. The summed E-state index contributed by atoms with van der Waals surface area (Å²) in [6, 6.07) is 13.2. The Bertz CT molecular complexity index is 1260. The summed E-state index contributed by atoms with van der Waals surface area (Å²) in [5.74, 6) is -0.930. The molecule has 0 radical (unpaired) electrons. The summed E-state index contributed by atoms with van der Waals surface area (Å²) in [6.07, 6.45) is 1.68. The topological polar surface area (TPSA) is 92.3 Å². The van der Waals surface area contributed by atoms with E-state index in [1.165, 1.54) is 16.7 Å². The van der Waals surface area contributed by atoms with Gasteiger partial charge < -0.3 is 15.2 Å². The van der Waals surface area contributed by atoms with Gasteiger partial charge in [0.05, 0.1) is 22.8 Å². The summed E-state index contributed by atoms with van der Waals surface area (Å²) in [5, 5.41) is 0. The maximum Gasteiger partial charge on any atom is 0.344 e. The van der Waals surface area contributed by atoms with E-state index in [0.29, 0.717) is 34.5 Å². The molecule has 4 aromatic rings. The Morgan fingerprint density at radius 1 is 1.20 bits per heavy atom. The van der Waals surface area contributed by atoms with Crippen LogP contribution in [0.2, 0.25) is 0 Å². The number of carbonyl (C=O) groups is 1. The van der Waals surface area contributed by atoms with Crippen LogP contribution in [0.1, 0.15) is 23.2 Å². The first kappa shape index (κ1) is 18.5. The van der Waals surface area contributed by atoms with Gasteiger partial charge in [0.15, 0.2) is 5.65 Å². The second kappa shape index (κ2) is 7.38. The van der Waals surface area contributed by atoms with Crippen LogP contribution in [0.5, 0.6) is 0 Å². The molecule has 2 aromatic carbocycles. The number of fused-ring (bicyclic) bond motifs is 2. The zero-order valence-electron chi connectivity index (χ0n) is 16.0. The van der Waals surface area contributed by atoms with Crippen LogP contribution in [-0.2, 0) is 9.47 Å². The van der Waals surface area contributed by atoms with E-state index in [-0.39, 0.29) is 24.1 Å². The van der Waals surface area contributed by atoms with Gasteiger partial charge >= 0.3 is 5.97 Å². The first-order chi connectivity index (χ1) is 14.6. The number of carbonyl (C=O) groups excluding carboxylic acids is 1. The van der Waals surface area contributed by atoms with E-state index in [4.69, 9.17) is 15.2 Å². The SMILES string of the molecule is Nc1c(C(=O)OC[C@@H]2CCCO2)c2nc3ccccc3nc2n1-c1cccc(F)c1. The lowest BCUT2D eigenvalue weighted by Gasteiger charge is -2.10. The number of nitrogens with two attached hydrogens (primary N) is 1. The number of ether oxygens (including phenoxy) is 2. The second-order valence-corrected chi connectivity index (χ2v) is 7.19. The number of hydrogen-bond acceptors (Lipinski definition) is 6. The summed E-state index contributed by atoms with van der Waals surface area (Å²) < 4.78 is 26.4. The van der Waals surface area contributed by atoms with E-state index in [0.717, 1.165) is 12.8 Å². The number of rotatable bonds is 4. The number of benzene rings is 2. The molecule has 0 spiro atoms. The highest BCUT2D eigenvalue weighted by Crippen LogP contribution is 2.31. The van der Waals surface area contributed by atoms with Crippen molar-refractivity contribution in [3.8, 4) is 5.69 Å². The van der Waals surface area contributed by atoms with Gasteiger partial charge in [0.25, 0.3) is 0 Å². The summed E-state index contributed by atoms with van der Waals surface area (Å²) in [6.45, 7) is 0.812. The van der Waals surface area contributed by atoms with Gasteiger partial charge in [0.2, 0.25) is 0 Å². The second-order valence-electron chi connectivity index (χ2n) is 7.19. The van der Waals surface area contributed by atoms with E-state index in [1.54, 1.807) is 18.2 Å². The minimum atomic E-state index is -0.604. The lowest BCUT2D eigenvalue weighted by molar-refractivity contribution is 0.0163. The molecule has 0 unspecified atom stereocenters. The predicted octanol–water partition coefficient (Wildman–Crippen LogP) is 3.63. The molecule has 1 saturated heterocycles. The summed E-state index contributed by atoms with van der Waals surface area (Å²) >= 11 is 0. The molecule has 2 N–H and O–H groups in total. The third-order valence-corrected chi connectivity index (χ3v) is 5.19. The van der Waals surface area contributed by atoms with Crippen molar-refractivity contribution in [1.29, 1.82) is 0 Å². The minimum Gasteiger partial charge on any atom is -0.459 e. The zero-order chi connectivity index (χ0) is 20.7. The van der Waals surface area contributed by atoms with Gasteiger partial charge in [-0.1, -0.05) is 18.2 Å². The fourth-order valence-electron chi connectivity index (χ4n) is 3.76. The van der Waals surface area contributed by atoms with Crippen LogP contribution < -0.4 is 5.73 Å². The molecule has 1 aliphatic heterocycles. The van der Waals surface area contributed by atoms with Crippen molar-refractivity contribution in [3.63, 3.8) is 0 Å². The largest absolute Gasteiger partial charge is 0.459 e. The van der Waals surface area contributed by atoms with Crippen LogP contribution >= 0.6 is 0 Å². The van der Waals surface area contributed by atoms with E-state index < -0.39 is 11.8 Å². The van der Waals surface area contributed by atoms with E-state index in [1.807, 2.05) is 18.2 Å². The van der Waals surface area contributed by atoms with Gasteiger partial charge in [-0.2, -0.15) is 0 Å². The van der Waals surface area contributed by atoms with Gasteiger partial charge in [-0.3, -0.25) is 4.57 Å². The van der Waals surface area contributed by atoms with Crippen molar-refractivity contribution in [1.82, 2.24) is 14.5 Å². The monoisotopic (exact) mass is 406 g/mol. The van der Waals surface area contributed by atoms with Crippen LogP contribution in [0.3, 0.4) is 0 Å². The maximum atomic E-state index is 13.9. The molecular formula is C22H19FN4O3. The van der Waals surface area contributed by atoms with Crippen molar-refractivity contribution in [2.75, 3.05) is 18.9 Å². The van der Waals surface area contributed by atoms with Crippen molar-refractivity contribution >= 4 is 34.0 Å². The quantitative estimate of drug-likeness (QED) is 0.521. The first-order valence-electron chi connectivity index (χ1n) is 9.73. The zero-order valence-corrected chi connectivity index (χ0v) is 16.0. The van der Waals surface area contributed by atoms with Crippen molar-refractivity contribution in [2.45, 2.75) is 18.9 Å². The van der Waals surface area contributed by atoms with Crippen molar-refractivity contribution < 1.29 is 18.7 Å². The number of anilines is 1. The Morgan fingerprint density at radius 2 is 2.00 bits per heavy atom. The summed E-state index contributed by atoms with van der Waals surface area (Å²) in [4.78, 5) is 22.2. The molecule has 0 bridgehead atoms. The van der Waals surface area contributed by atoms with Crippen LogP contribution in [-0.4, -0.2) is 39.8 Å². The highest BCUT2D eigenvalue weighted by Gasteiger charge is 2.27. The van der Waals surface area contributed by atoms with Gasteiger partial charge in [-0.15, -0.1) is 0 Å². The van der Waals surface area contributed by atoms with E-state index in [2.05, 4.69) is 9.97 Å². The summed E-state index contributed by atoms with van der Waals surface area (Å²) in [7, 11) is 0. The Hall–Kier alpha value is -3.52. The number of halogens is 1. The average Bonchev–Trinajstić information content (AvgIpc) is 3.35. The molecule has 8 heteroatoms. The van der Waals surface area contributed by atoms with Crippen LogP contribution in [0.15, 0.2) is 48.5 Å². The molecule has 1 atom stereocenters. The number of esters is 1. The third kappa shape index (κ3) is 3.15. The number of para-hydroxylation sites is 2. The number of aromatic nitrogens is 3. The van der Waals surface area contributed by atoms with Crippen LogP contribution in [0.4, 0.5) is 10.2 Å². The fourth-order valence-corrected chi connectivity index (χ4v) is 3.76. The molecule has 1 fully saturated rings. The lowest BCUT2D eigenvalue weighted by atomic mass is 10.2. The van der Waals surface area contributed by atoms with Crippen LogP contribution in [0, 0.1) is 5.82 Å². The minimum absolute atomic E-state index is 0.100. The van der Waals surface area contributed by atoms with Gasteiger partial charge in [0, 0.05) is 6.61 Å². The molecule has 0 amide bonds. The Morgan fingerprint density at radius 3 is 2.73 bits per heavy atom. The number of nitrogen functional groups attached to an aromatic ring is 1. The Labute approximate surface area is 171 Å². The molecule has 7 nitrogen and oxygen atoms in total. The van der Waals surface area contributed by atoms with Gasteiger partial charge in [-0.05, 0) is 43.2 Å². The molecule has 152 valence electrons. The first-order valence-corrected chi connectivity index (χ1v) is 9.73. The number of hydrogen-bond donors (Lipinski definition) is 1. The number of nitrogens with zero attached hydrogens (tertiary/aromatic N) is 3. The highest BCUT2D eigenvalue weighted by atomic mass is 19.1. The molecule has 30 heavy (non-hydrogen) atoms. The smallest absolute Gasteiger partial charge is 0.344 e. The standard InChI is InChI=1S/C22H19FN4O3/c23-13-5-3-6-14(11-13)27-20(24)18(22(28)30-12-15-7-4-10-29-15)19-21(27)26-17-9-2-1-8-16(17)25-19/h1-3,5-6,8-9,11,15H,4,7,10,12,24H2/t15-/m0/s1. The molecule has 2 aromatic heterocycles. The molecule has 0 saturated carbocycles. The molecule has 0 aliphatic carbocycles. The average molecular weight is 406 g/mol. The molecule has 1 aliphatic rings. The van der Waals surface area contributed by atoms with Crippen molar-refractivity contribution in [2.24, 2.45) is 0 Å². The molecule has 5 rings (SSSR count). The van der Waals surface area contributed by atoms with Gasteiger partial charge in [0.1, 0.15) is 29.3 Å². The third-order valence-electron chi connectivity index (χ3n) is 5.19. The van der Waals surface area contributed by atoms with Crippen LogP contribution in [0.25, 0.3) is 27.9 Å². The normalized spacial score (nSPS) is 16.4. The molecule has 3 heterocycles.